The van der Waals surface area contributed by atoms with E-state index in [9.17, 15) is 10.2 Å². The Morgan fingerprint density at radius 3 is 2.47 bits per heavy atom. The molecule has 1 aliphatic heterocycles. The van der Waals surface area contributed by atoms with Crippen molar-refractivity contribution in [1.29, 1.82) is 0 Å². The Balaban J connectivity index is 1.87. The first-order chi connectivity index (χ1) is 9.05. The monoisotopic (exact) mass is 268 g/mol. The number of hydrogen-bond acceptors (Lipinski definition) is 3. The van der Waals surface area contributed by atoms with Gasteiger partial charge in [0, 0.05) is 12.3 Å². The van der Waals surface area contributed by atoms with Crippen molar-refractivity contribution < 1.29 is 14.9 Å². The summed E-state index contributed by atoms with van der Waals surface area (Å²) >= 11 is 0. The maximum atomic E-state index is 10.9. The lowest BCUT2D eigenvalue weighted by molar-refractivity contribution is -0.320. The molecule has 1 heterocycles. The Hall–Kier alpha value is -0.120. The molecular weight excluding hydrogens is 240 g/mol. The Labute approximate surface area is 116 Å². The van der Waals surface area contributed by atoms with Gasteiger partial charge in [-0.05, 0) is 56.3 Å². The van der Waals surface area contributed by atoms with Gasteiger partial charge in [0.15, 0.2) is 5.79 Å². The molecule has 0 aromatic heterocycles. The van der Waals surface area contributed by atoms with Gasteiger partial charge in [0.1, 0.15) is 0 Å². The molecule has 0 radical (unpaired) electrons. The minimum Gasteiger partial charge on any atom is -0.393 e. The van der Waals surface area contributed by atoms with E-state index in [4.69, 9.17) is 4.74 Å². The largest absolute Gasteiger partial charge is 0.393 e. The summed E-state index contributed by atoms with van der Waals surface area (Å²) < 4.78 is 6.03. The topological polar surface area (TPSA) is 49.7 Å². The van der Waals surface area contributed by atoms with Crippen molar-refractivity contribution in [2.45, 2.75) is 83.2 Å². The van der Waals surface area contributed by atoms with E-state index in [2.05, 4.69) is 13.8 Å². The smallest absolute Gasteiger partial charge is 0.168 e. The standard InChI is InChI=1S/C16H28O3/c1-3-11-5-6-13-12-7-8-14(17)15(12,4-2)9-10-16(13,18)19-11/h11-14,17-18H,3-10H2,1-2H3. The van der Waals surface area contributed by atoms with Crippen molar-refractivity contribution in [1.82, 2.24) is 0 Å². The van der Waals surface area contributed by atoms with Gasteiger partial charge in [0.25, 0.3) is 0 Å². The first kappa shape index (κ1) is 13.8. The van der Waals surface area contributed by atoms with Crippen LogP contribution in [0.1, 0.15) is 65.2 Å². The van der Waals surface area contributed by atoms with Crippen LogP contribution in [0.2, 0.25) is 0 Å². The third-order valence-corrected chi connectivity index (χ3v) is 6.45. The summed E-state index contributed by atoms with van der Waals surface area (Å²) in [5, 5.41) is 21.4. The molecule has 2 saturated carbocycles. The van der Waals surface area contributed by atoms with Crippen LogP contribution >= 0.6 is 0 Å². The molecule has 0 bridgehead atoms. The number of ether oxygens (including phenoxy) is 1. The number of aliphatic hydroxyl groups is 2. The van der Waals surface area contributed by atoms with Crippen LogP contribution in [-0.2, 0) is 4.74 Å². The maximum absolute atomic E-state index is 10.9. The first-order valence-electron chi connectivity index (χ1n) is 8.14. The van der Waals surface area contributed by atoms with Crippen LogP contribution in [0, 0.1) is 17.3 Å². The molecule has 3 rings (SSSR count). The lowest BCUT2D eigenvalue weighted by Gasteiger charge is -2.55. The molecular formula is C16H28O3. The second-order valence-electron chi connectivity index (χ2n) is 6.96. The molecule has 0 spiro atoms. The first-order valence-corrected chi connectivity index (χ1v) is 8.14. The van der Waals surface area contributed by atoms with Gasteiger partial charge in [-0.3, -0.25) is 0 Å². The second kappa shape index (κ2) is 4.71. The van der Waals surface area contributed by atoms with Crippen molar-refractivity contribution in [3.63, 3.8) is 0 Å². The molecule has 2 N–H and O–H groups in total. The maximum Gasteiger partial charge on any atom is 0.168 e. The van der Waals surface area contributed by atoms with Crippen LogP contribution in [-0.4, -0.2) is 28.2 Å². The van der Waals surface area contributed by atoms with Gasteiger partial charge in [0.05, 0.1) is 12.2 Å². The van der Waals surface area contributed by atoms with E-state index in [-0.39, 0.29) is 23.5 Å². The number of aliphatic hydroxyl groups excluding tert-OH is 1. The van der Waals surface area contributed by atoms with Crippen LogP contribution in [0.15, 0.2) is 0 Å². The number of rotatable bonds is 2. The molecule has 0 aromatic carbocycles. The molecule has 3 fully saturated rings. The summed E-state index contributed by atoms with van der Waals surface area (Å²) in [6.45, 7) is 4.33. The van der Waals surface area contributed by atoms with E-state index in [0.29, 0.717) is 12.3 Å². The highest BCUT2D eigenvalue weighted by molar-refractivity contribution is 5.07. The predicted molar refractivity (Wildman–Crippen MR) is 73.5 cm³/mol. The molecule has 0 amide bonds. The van der Waals surface area contributed by atoms with E-state index in [1.54, 1.807) is 0 Å². The Bertz CT molecular complexity index is 345. The van der Waals surface area contributed by atoms with Crippen LogP contribution in [0.4, 0.5) is 0 Å². The van der Waals surface area contributed by atoms with Crippen LogP contribution < -0.4 is 0 Å². The van der Waals surface area contributed by atoms with Gasteiger partial charge in [-0.1, -0.05) is 13.8 Å². The van der Waals surface area contributed by atoms with E-state index in [1.807, 2.05) is 0 Å². The van der Waals surface area contributed by atoms with Gasteiger partial charge in [-0.15, -0.1) is 0 Å². The molecule has 110 valence electrons. The number of fused-ring (bicyclic) bond motifs is 3. The zero-order valence-corrected chi connectivity index (χ0v) is 12.3. The van der Waals surface area contributed by atoms with Crippen LogP contribution in [0.25, 0.3) is 0 Å². The fourth-order valence-corrected chi connectivity index (χ4v) is 5.27. The third-order valence-electron chi connectivity index (χ3n) is 6.45. The Morgan fingerprint density at radius 1 is 1.05 bits per heavy atom. The highest BCUT2D eigenvalue weighted by Crippen LogP contribution is 2.61. The summed E-state index contributed by atoms with van der Waals surface area (Å²) in [6.07, 6.45) is 7.78. The predicted octanol–water partition coefficient (Wildman–Crippen LogP) is 2.84. The summed E-state index contributed by atoms with van der Waals surface area (Å²) in [7, 11) is 0. The SMILES string of the molecule is CCC1CCC2C3CCC(O)C3(CC)CCC2(O)O1. The summed E-state index contributed by atoms with van der Waals surface area (Å²) in [5.41, 5.74) is 0.0549. The molecule has 3 aliphatic rings. The quantitative estimate of drug-likeness (QED) is 0.809. The molecule has 1 saturated heterocycles. The summed E-state index contributed by atoms with van der Waals surface area (Å²) in [5.74, 6) is -0.225. The summed E-state index contributed by atoms with van der Waals surface area (Å²) in [6, 6.07) is 0. The average Bonchev–Trinajstić information content (AvgIpc) is 2.75. The Kier molecular flexibility index (Phi) is 3.43. The molecule has 6 atom stereocenters. The minimum atomic E-state index is -0.910. The van der Waals surface area contributed by atoms with Crippen molar-refractivity contribution in [3.8, 4) is 0 Å². The lowest BCUT2D eigenvalue weighted by Crippen LogP contribution is -2.58. The highest BCUT2D eigenvalue weighted by Gasteiger charge is 2.61. The zero-order valence-electron chi connectivity index (χ0n) is 12.3. The van der Waals surface area contributed by atoms with Gasteiger partial charge in [0.2, 0.25) is 0 Å². The highest BCUT2D eigenvalue weighted by atomic mass is 16.6. The normalized spacial score (nSPS) is 53.7. The van der Waals surface area contributed by atoms with Crippen molar-refractivity contribution in [2.24, 2.45) is 17.3 Å². The molecule has 0 aromatic rings. The molecule has 19 heavy (non-hydrogen) atoms. The van der Waals surface area contributed by atoms with E-state index >= 15 is 0 Å². The molecule has 3 heteroatoms. The lowest BCUT2D eigenvalue weighted by atomic mass is 9.57. The van der Waals surface area contributed by atoms with Gasteiger partial charge in [-0.25, -0.2) is 0 Å². The van der Waals surface area contributed by atoms with Gasteiger partial charge < -0.3 is 14.9 Å². The Morgan fingerprint density at radius 2 is 1.79 bits per heavy atom. The number of hydrogen-bond donors (Lipinski definition) is 2. The molecule has 3 nitrogen and oxygen atoms in total. The summed E-state index contributed by atoms with van der Waals surface area (Å²) in [4.78, 5) is 0. The van der Waals surface area contributed by atoms with Gasteiger partial charge in [-0.2, -0.15) is 0 Å². The van der Waals surface area contributed by atoms with Crippen molar-refractivity contribution in [2.75, 3.05) is 0 Å². The molecule has 2 aliphatic carbocycles. The molecule has 6 unspecified atom stereocenters. The third kappa shape index (κ3) is 1.89. The van der Waals surface area contributed by atoms with Crippen LogP contribution in [0.3, 0.4) is 0 Å². The fraction of sp³-hybridized carbons (Fsp3) is 1.00. The second-order valence-corrected chi connectivity index (χ2v) is 6.96. The fourth-order valence-electron chi connectivity index (χ4n) is 5.27. The van der Waals surface area contributed by atoms with Crippen LogP contribution in [0.5, 0.6) is 0 Å². The average molecular weight is 268 g/mol. The minimum absolute atomic E-state index is 0.0549. The van der Waals surface area contributed by atoms with E-state index in [1.165, 1.54) is 0 Å². The van der Waals surface area contributed by atoms with Crippen molar-refractivity contribution >= 4 is 0 Å². The van der Waals surface area contributed by atoms with Crippen molar-refractivity contribution in [3.05, 3.63) is 0 Å². The zero-order chi connectivity index (χ0) is 13.7. The van der Waals surface area contributed by atoms with Gasteiger partial charge >= 0.3 is 0 Å². The van der Waals surface area contributed by atoms with E-state index < -0.39 is 5.79 Å². The van der Waals surface area contributed by atoms with E-state index in [0.717, 1.165) is 44.9 Å².